The van der Waals surface area contributed by atoms with Crippen LogP contribution in [-0.4, -0.2) is 65.7 Å². The predicted octanol–water partition coefficient (Wildman–Crippen LogP) is 8.23. The Bertz CT molecular complexity index is 1880. The fourth-order valence-corrected chi connectivity index (χ4v) is 6.58. The summed E-state index contributed by atoms with van der Waals surface area (Å²) in [5.41, 5.74) is -1.11. The van der Waals surface area contributed by atoms with E-state index in [1.54, 1.807) is 41.3 Å². The van der Waals surface area contributed by atoms with Crippen LogP contribution in [0.1, 0.15) is 100 Å². The Balaban J connectivity index is 1.61. The molecule has 10 heteroatoms. The highest BCUT2D eigenvalue weighted by Crippen LogP contribution is 2.41. The van der Waals surface area contributed by atoms with Gasteiger partial charge in [0.2, 0.25) is 0 Å². The van der Waals surface area contributed by atoms with E-state index in [-0.39, 0.29) is 17.3 Å². The highest BCUT2D eigenvalue weighted by Gasteiger charge is 2.39. The first-order valence-corrected chi connectivity index (χ1v) is 19.7. The summed E-state index contributed by atoms with van der Waals surface area (Å²) in [6, 6.07) is 0. The number of nitrogens with zero attached hydrogens (tertiary/aromatic N) is 4. The molecule has 0 radical (unpaired) electrons. The number of fused-ring (bicyclic) bond motifs is 5. The molecule has 1 aliphatic heterocycles. The van der Waals surface area contributed by atoms with Crippen LogP contribution in [-0.2, 0) is 30.0 Å². The van der Waals surface area contributed by atoms with E-state index in [1.165, 1.54) is 0 Å². The van der Waals surface area contributed by atoms with E-state index in [1.807, 2.05) is 109 Å². The van der Waals surface area contributed by atoms with Crippen molar-refractivity contribution in [3.8, 4) is 0 Å². The van der Waals surface area contributed by atoms with Crippen LogP contribution in [0, 0.1) is 28.6 Å². The molecule has 0 spiro atoms. The second-order valence-corrected chi connectivity index (χ2v) is 16.2. The van der Waals surface area contributed by atoms with Crippen LogP contribution >= 0.6 is 0 Å². The van der Waals surface area contributed by atoms with E-state index in [2.05, 4.69) is 41.2 Å². The number of allylic oxidation sites excluding steroid dienone is 11. The summed E-state index contributed by atoms with van der Waals surface area (Å²) >= 11 is 0. The molecule has 0 unspecified atom stereocenters. The molecule has 4 bridgehead atoms. The van der Waals surface area contributed by atoms with Gasteiger partial charge in [-0.25, -0.2) is 19.6 Å². The number of ether oxygens (including phenoxy) is 2. The summed E-state index contributed by atoms with van der Waals surface area (Å²) in [7, 11) is 3.70. The zero-order valence-electron chi connectivity index (χ0n) is 34.6. The third-order valence-corrected chi connectivity index (χ3v) is 10.8. The molecule has 10 nitrogen and oxygen atoms in total. The summed E-state index contributed by atoms with van der Waals surface area (Å²) < 4.78 is 15.8. The molecule has 2 aliphatic rings. The Kier molecular flexibility index (Phi) is 15.6. The van der Waals surface area contributed by atoms with Gasteiger partial charge in [0, 0.05) is 56.6 Å². The number of rotatable bonds is 6. The Labute approximate surface area is 333 Å². The fraction of sp³-hybridized carbons (Fsp3) is 0.478. The Morgan fingerprint density at radius 1 is 0.732 bits per heavy atom. The third-order valence-electron chi connectivity index (χ3n) is 10.8. The van der Waals surface area contributed by atoms with Crippen molar-refractivity contribution in [2.75, 3.05) is 0 Å². The van der Waals surface area contributed by atoms with Crippen molar-refractivity contribution in [3.05, 3.63) is 127 Å². The van der Waals surface area contributed by atoms with E-state index in [0.29, 0.717) is 36.9 Å². The summed E-state index contributed by atoms with van der Waals surface area (Å²) in [5.74, 6) is 1.16. The lowest BCUT2D eigenvalue weighted by Gasteiger charge is -2.36. The van der Waals surface area contributed by atoms with Gasteiger partial charge in [-0.1, -0.05) is 126 Å². The Morgan fingerprint density at radius 3 is 1.89 bits per heavy atom. The first kappa shape index (κ1) is 43.9. The first-order valence-electron chi connectivity index (χ1n) is 19.7. The van der Waals surface area contributed by atoms with E-state index in [0.717, 1.165) is 12.2 Å². The quantitative estimate of drug-likeness (QED) is 0.222. The van der Waals surface area contributed by atoms with Crippen LogP contribution in [0.3, 0.4) is 0 Å². The van der Waals surface area contributed by atoms with Crippen LogP contribution in [0.4, 0.5) is 0 Å². The van der Waals surface area contributed by atoms with Gasteiger partial charge in [0.1, 0.15) is 23.9 Å². The van der Waals surface area contributed by atoms with Gasteiger partial charge in [0.25, 0.3) is 0 Å². The fourth-order valence-electron chi connectivity index (χ4n) is 6.58. The van der Waals surface area contributed by atoms with Gasteiger partial charge in [0.15, 0.2) is 11.4 Å². The predicted molar refractivity (Wildman–Crippen MR) is 222 cm³/mol. The van der Waals surface area contributed by atoms with Gasteiger partial charge in [-0.2, -0.15) is 0 Å². The number of cyclic esters (lactones) is 2. The molecular formula is C46H62N4O6. The van der Waals surface area contributed by atoms with Crippen molar-refractivity contribution < 1.29 is 29.3 Å². The van der Waals surface area contributed by atoms with Crippen LogP contribution in [0.25, 0.3) is 6.08 Å². The summed E-state index contributed by atoms with van der Waals surface area (Å²) in [6.45, 7) is 13.4. The number of hydrogen-bond donors (Lipinski definition) is 2. The van der Waals surface area contributed by atoms with Crippen molar-refractivity contribution in [2.24, 2.45) is 42.7 Å². The molecule has 2 N–H and O–H groups in total. The average molecular weight is 767 g/mol. The van der Waals surface area contributed by atoms with Crippen LogP contribution < -0.4 is 0 Å². The molecule has 0 saturated heterocycles. The number of imidazole rings is 2. The molecule has 7 atom stereocenters. The van der Waals surface area contributed by atoms with Crippen LogP contribution in [0.2, 0.25) is 0 Å². The van der Waals surface area contributed by atoms with E-state index in [4.69, 9.17) is 9.47 Å². The number of aryl methyl sites for hydroxylation is 2. The lowest BCUT2D eigenvalue weighted by atomic mass is 9.79. The minimum Gasteiger partial charge on any atom is -0.457 e. The zero-order valence-corrected chi connectivity index (χ0v) is 34.6. The molecule has 2 aromatic rings. The number of aliphatic hydroxyl groups excluding tert-OH is 2. The van der Waals surface area contributed by atoms with E-state index >= 15 is 0 Å². The van der Waals surface area contributed by atoms with E-state index in [9.17, 15) is 19.8 Å². The highest BCUT2D eigenvalue weighted by molar-refractivity contribution is 5.88. The summed E-state index contributed by atoms with van der Waals surface area (Å²) in [4.78, 5) is 36.2. The van der Waals surface area contributed by atoms with Gasteiger partial charge in [-0.05, 0) is 44.1 Å². The molecule has 4 rings (SSSR count). The van der Waals surface area contributed by atoms with Crippen molar-refractivity contribution in [1.82, 2.24) is 19.1 Å². The van der Waals surface area contributed by atoms with Crippen molar-refractivity contribution in [1.29, 1.82) is 0 Å². The van der Waals surface area contributed by atoms with E-state index < -0.39 is 47.2 Å². The topological polar surface area (TPSA) is 129 Å². The molecule has 0 amide bonds. The second-order valence-electron chi connectivity index (χ2n) is 16.2. The summed E-state index contributed by atoms with van der Waals surface area (Å²) in [6.07, 6.45) is 33.8. The van der Waals surface area contributed by atoms with Gasteiger partial charge < -0.3 is 28.8 Å². The Morgan fingerprint density at radius 2 is 1.27 bits per heavy atom. The number of aromatic nitrogens is 4. The Hall–Kier alpha value is -4.80. The number of hydrogen-bond acceptors (Lipinski definition) is 8. The number of carbonyl (C=O) groups excluding carboxylic acids is 2. The van der Waals surface area contributed by atoms with Crippen molar-refractivity contribution in [3.63, 3.8) is 0 Å². The maximum absolute atomic E-state index is 13.5. The highest BCUT2D eigenvalue weighted by atomic mass is 16.6. The molecule has 1 aliphatic carbocycles. The number of carbonyl (C=O) groups is 2. The maximum Gasteiger partial charge on any atom is 0.358 e. The number of aliphatic hydroxyl groups is 2. The summed E-state index contributed by atoms with van der Waals surface area (Å²) in [5, 5.41) is 22.0. The maximum atomic E-state index is 13.5. The molecule has 1 fully saturated rings. The minimum atomic E-state index is -0.830. The SMILES string of the molecule is C/C=C/[C@H](O)C(C)(C)[C@@H]1C\C=C/C=C\C=C\[C@H](C)Cc2nc(cn2C)C(=O)O[C@H](C(C)(C)[C@@H](O)/C=C/C)C/C=C\[C@H]2C[C@H]2/C=C/C=C\c2nc(cn2C)C(=O)O1. The first-order chi connectivity index (χ1) is 26.6. The molecular weight excluding hydrogens is 705 g/mol. The smallest absolute Gasteiger partial charge is 0.358 e. The van der Waals surface area contributed by atoms with Gasteiger partial charge in [-0.3, -0.25) is 0 Å². The molecule has 302 valence electrons. The lowest BCUT2D eigenvalue weighted by Crippen LogP contribution is -2.42. The van der Waals surface area contributed by atoms with Crippen molar-refractivity contribution >= 4 is 18.0 Å². The van der Waals surface area contributed by atoms with Crippen LogP contribution in [0.5, 0.6) is 0 Å². The number of esters is 2. The van der Waals surface area contributed by atoms with Gasteiger partial charge >= 0.3 is 11.9 Å². The molecule has 3 heterocycles. The monoisotopic (exact) mass is 766 g/mol. The zero-order chi connectivity index (χ0) is 41.0. The minimum absolute atomic E-state index is 0.128. The molecule has 0 aromatic carbocycles. The molecule has 2 aromatic heterocycles. The normalized spacial score (nSPS) is 28.0. The second kappa shape index (κ2) is 19.9. The van der Waals surface area contributed by atoms with Gasteiger partial charge in [-0.15, -0.1) is 0 Å². The standard InChI is InChI=1S/C46H62N4O6/c1-10-20-37(51)45(4,5)39-25-16-14-12-13-15-22-32(3)28-42-48-36(31-50(42)9)44(54)56-40(46(6,7)38(52)21-11-2)26-19-24-34-29-33(34)23-17-18-27-41-47-35(30-49(41)8)43(53)55-39/h10-24,27,30-34,37-40,51-52H,25-26,28-29H2,1-9H3/b13-12-,16-14-,20-10+,21-11+,22-15+,23-17+,24-19-,27-18-/t32-,33+,34-,37-,38-,39-,40-/m0/s1. The third kappa shape index (κ3) is 11.9. The average Bonchev–Trinajstić information content (AvgIpc) is 3.63. The molecule has 56 heavy (non-hydrogen) atoms. The van der Waals surface area contributed by atoms with Crippen molar-refractivity contribution in [2.45, 2.75) is 98.6 Å². The molecule has 1 saturated carbocycles. The van der Waals surface area contributed by atoms with Gasteiger partial charge in [0.05, 0.1) is 12.2 Å². The van der Waals surface area contributed by atoms with Crippen LogP contribution in [0.15, 0.2) is 104 Å². The largest absolute Gasteiger partial charge is 0.457 e. The lowest BCUT2D eigenvalue weighted by molar-refractivity contribution is -0.0461.